The summed E-state index contributed by atoms with van der Waals surface area (Å²) in [5.41, 5.74) is 4.92. The van der Waals surface area contributed by atoms with E-state index in [0.717, 1.165) is 33.5 Å². The van der Waals surface area contributed by atoms with Crippen LogP contribution in [0.15, 0.2) is 66.7 Å². The fourth-order valence-electron chi connectivity index (χ4n) is 2.71. The second-order valence-electron chi connectivity index (χ2n) is 5.27. The van der Waals surface area contributed by atoms with Crippen LogP contribution < -0.4 is 0 Å². The number of fused-ring (bicyclic) bond motifs is 1. The molecule has 0 fully saturated rings. The molecule has 0 saturated carbocycles. The molecule has 1 N–H and O–H groups in total. The molecule has 4 heteroatoms. The van der Waals surface area contributed by atoms with Crippen LogP contribution in [-0.2, 0) is 0 Å². The monoisotopic (exact) mass is 338 g/mol. The number of aromatic nitrogens is 2. The van der Waals surface area contributed by atoms with Crippen molar-refractivity contribution < 1.29 is 0 Å². The molecule has 0 unspecified atom stereocenters. The summed E-state index contributed by atoms with van der Waals surface area (Å²) >= 11 is 12.4. The molecule has 1 aromatic heterocycles. The van der Waals surface area contributed by atoms with Gasteiger partial charge < -0.3 is 4.98 Å². The number of rotatable bonds is 2. The van der Waals surface area contributed by atoms with E-state index in [1.54, 1.807) is 6.07 Å². The number of halogens is 2. The zero-order valence-corrected chi connectivity index (χ0v) is 13.6. The quantitative estimate of drug-likeness (QED) is 0.462. The van der Waals surface area contributed by atoms with Gasteiger partial charge in [-0.3, -0.25) is 0 Å². The number of imidazole rings is 1. The van der Waals surface area contributed by atoms with E-state index in [4.69, 9.17) is 28.2 Å². The Labute approximate surface area is 143 Å². The minimum atomic E-state index is 0.625. The average molecular weight is 339 g/mol. The Balaban J connectivity index is 1.93. The molecule has 0 radical (unpaired) electrons. The minimum absolute atomic E-state index is 0.625. The summed E-state index contributed by atoms with van der Waals surface area (Å²) < 4.78 is 0. The molecule has 1 heterocycles. The van der Waals surface area contributed by atoms with Crippen LogP contribution in [0.1, 0.15) is 0 Å². The van der Waals surface area contributed by atoms with Gasteiger partial charge in [0.1, 0.15) is 5.82 Å². The molecule has 0 atom stereocenters. The van der Waals surface area contributed by atoms with Crippen molar-refractivity contribution in [3.8, 4) is 22.5 Å². The third kappa shape index (κ3) is 2.61. The first-order valence-corrected chi connectivity index (χ1v) is 7.97. The fraction of sp³-hybridized carbons (Fsp3) is 0. The molecule has 3 aromatic carbocycles. The van der Waals surface area contributed by atoms with Crippen molar-refractivity contribution in [3.05, 3.63) is 76.8 Å². The van der Waals surface area contributed by atoms with E-state index in [9.17, 15) is 0 Å². The predicted octanol–water partition coefficient (Wildman–Crippen LogP) is 6.20. The van der Waals surface area contributed by atoms with Crippen molar-refractivity contribution in [2.45, 2.75) is 0 Å². The molecule has 0 amide bonds. The molecular formula is C19H12Cl2N2. The summed E-state index contributed by atoms with van der Waals surface area (Å²) in [6.07, 6.45) is 0. The van der Waals surface area contributed by atoms with E-state index in [1.165, 1.54) is 0 Å². The van der Waals surface area contributed by atoms with Crippen LogP contribution in [0, 0.1) is 0 Å². The highest BCUT2D eigenvalue weighted by molar-refractivity contribution is 6.36. The first-order chi connectivity index (χ1) is 11.2. The zero-order valence-electron chi connectivity index (χ0n) is 12.1. The topological polar surface area (TPSA) is 28.7 Å². The second kappa shape index (κ2) is 5.73. The Hall–Kier alpha value is -2.29. The van der Waals surface area contributed by atoms with Gasteiger partial charge in [-0.2, -0.15) is 0 Å². The summed E-state index contributed by atoms with van der Waals surface area (Å²) in [5.74, 6) is 0.827. The van der Waals surface area contributed by atoms with Crippen LogP contribution in [0.3, 0.4) is 0 Å². The Bertz CT molecular complexity index is 972. The van der Waals surface area contributed by atoms with Crippen molar-refractivity contribution in [1.82, 2.24) is 9.97 Å². The molecule has 0 aliphatic heterocycles. The molecule has 23 heavy (non-hydrogen) atoms. The number of aromatic amines is 1. The predicted molar refractivity (Wildman–Crippen MR) is 97.0 cm³/mol. The molecular weight excluding hydrogens is 327 g/mol. The molecule has 4 rings (SSSR count). The molecule has 0 aliphatic carbocycles. The van der Waals surface area contributed by atoms with Gasteiger partial charge in [0, 0.05) is 21.2 Å². The van der Waals surface area contributed by atoms with Crippen molar-refractivity contribution >= 4 is 34.2 Å². The van der Waals surface area contributed by atoms with Crippen LogP contribution in [0.2, 0.25) is 10.0 Å². The number of H-pyrrole nitrogens is 1. The van der Waals surface area contributed by atoms with Gasteiger partial charge in [-0.15, -0.1) is 0 Å². The van der Waals surface area contributed by atoms with E-state index >= 15 is 0 Å². The maximum atomic E-state index is 6.39. The van der Waals surface area contributed by atoms with Crippen LogP contribution >= 0.6 is 23.2 Å². The van der Waals surface area contributed by atoms with Gasteiger partial charge in [0.05, 0.1) is 11.0 Å². The summed E-state index contributed by atoms with van der Waals surface area (Å²) in [7, 11) is 0. The van der Waals surface area contributed by atoms with Crippen LogP contribution in [0.4, 0.5) is 0 Å². The van der Waals surface area contributed by atoms with E-state index in [-0.39, 0.29) is 0 Å². The smallest absolute Gasteiger partial charge is 0.139 e. The van der Waals surface area contributed by atoms with E-state index < -0.39 is 0 Å². The lowest BCUT2D eigenvalue weighted by Crippen LogP contribution is -1.87. The van der Waals surface area contributed by atoms with Gasteiger partial charge in [0.25, 0.3) is 0 Å². The summed E-state index contributed by atoms with van der Waals surface area (Å²) in [6.45, 7) is 0. The van der Waals surface area contributed by atoms with Gasteiger partial charge in [-0.25, -0.2) is 4.98 Å². The highest BCUT2D eigenvalue weighted by Crippen LogP contribution is 2.36. The van der Waals surface area contributed by atoms with E-state index in [2.05, 4.69) is 4.98 Å². The summed E-state index contributed by atoms with van der Waals surface area (Å²) in [4.78, 5) is 8.06. The second-order valence-corrected chi connectivity index (χ2v) is 6.12. The first kappa shape index (κ1) is 14.3. The van der Waals surface area contributed by atoms with Gasteiger partial charge in [-0.1, -0.05) is 65.7 Å². The van der Waals surface area contributed by atoms with E-state index in [0.29, 0.717) is 10.0 Å². The van der Waals surface area contributed by atoms with Crippen LogP contribution in [-0.4, -0.2) is 9.97 Å². The van der Waals surface area contributed by atoms with Crippen molar-refractivity contribution in [3.63, 3.8) is 0 Å². The summed E-state index contributed by atoms with van der Waals surface area (Å²) in [6, 6.07) is 21.6. The lowest BCUT2D eigenvalue weighted by atomic mass is 9.99. The van der Waals surface area contributed by atoms with Crippen molar-refractivity contribution in [2.24, 2.45) is 0 Å². The molecule has 0 aliphatic rings. The number of hydrogen-bond acceptors (Lipinski definition) is 1. The first-order valence-electron chi connectivity index (χ1n) is 7.22. The lowest BCUT2D eigenvalue weighted by molar-refractivity contribution is 1.34. The molecule has 0 bridgehead atoms. The van der Waals surface area contributed by atoms with Gasteiger partial charge in [0.15, 0.2) is 0 Å². The SMILES string of the molecule is Clc1ccc(-c2ccccc2-c2nc3ccccc3[nH]2)c(Cl)c1. The van der Waals surface area contributed by atoms with Gasteiger partial charge in [0.2, 0.25) is 0 Å². The maximum Gasteiger partial charge on any atom is 0.139 e. The number of para-hydroxylation sites is 2. The Morgan fingerprint density at radius 1 is 0.739 bits per heavy atom. The number of benzene rings is 3. The lowest BCUT2D eigenvalue weighted by Gasteiger charge is -2.09. The Morgan fingerprint density at radius 2 is 1.48 bits per heavy atom. The van der Waals surface area contributed by atoms with Crippen LogP contribution in [0.5, 0.6) is 0 Å². The van der Waals surface area contributed by atoms with Gasteiger partial charge in [-0.05, 0) is 29.8 Å². The summed E-state index contributed by atoms with van der Waals surface area (Å²) in [5, 5.41) is 1.25. The normalized spacial score (nSPS) is 11.0. The highest BCUT2D eigenvalue weighted by Gasteiger charge is 2.13. The Morgan fingerprint density at radius 3 is 2.26 bits per heavy atom. The largest absolute Gasteiger partial charge is 0.338 e. The Kier molecular flexibility index (Phi) is 3.56. The average Bonchev–Trinajstić information content (AvgIpc) is 2.99. The molecule has 4 aromatic rings. The van der Waals surface area contributed by atoms with Crippen molar-refractivity contribution in [1.29, 1.82) is 0 Å². The maximum absolute atomic E-state index is 6.39. The number of nitrogens with one attached hydrogen (secondary N) is 1. The van der Waals surface area contributed by atoms with Gasteiger partial charge >= 0.3 is 0 Å². The number of nitrogens with zero attached hydrogens (tertiary/aromatic N) is 1. The zero-order chi connectivity index (χ0) is 15.8. The third-order valence-corrected chi connectivity index (χ3v) is 4.34. The molecule has 2 nitrogen and oxygen atoms in total. The molecule has 0 spiro atoms. The number of hydrogen-bond donors (Lipinski definition) is 1. The van der Waals surface area contributed by atoms with Crippen molar-refractivity contribution in [2.75, 3.05) is 0 Å². The van der Waals surface area contributed by atoms with E-state index in [1.807, 2.05) is 60.7 Å². The molecule has 0 saturated heterocycles. The fourth-order valence-corrected chi connectivity index (χ4v) is 3.22. The highest BCUT2D eigenvalue weighted by atomic mass is 35.5. The minimum Gasteiger partial charge on any atom is -0.338 e. The third-order valence-electron chi connectivity index (χ3n) is 3.79. The standard InChI is InChI=1S/C19H12Cl2N2/c20-12-9-10-14(16(21)11-12)13-5-1-2-6-15(13)19-22-17-7-3-4-8-18(17)23-19/h1-11H,(H,22,23). The molecule has 112 valence electrons. The van der Waals surface area contributed by atoms with Crippen LogP contribution in [0.25, 0.3) is 33.5 Å².